The lowest BCUT2D eigenvalue weighted by Gasteiger charge is -2.19. The van der Waals surface area contributed by atoms with Gasteiger partial charge in [0.05, 0.1) is 12.1 Å². The highest BCUT2D eigenvalue weighted by atomic mass is 32.1. The monoisotopic (exact) mass is 297 g/mol. The summed E-state index contributed by atoms with van der Waals surface area (Å²) < 4.78 is 0. The molecule has 3 atom stereocenters. The minimum Gasteiger partial charge on any atom is -0.299 e. The molecule has 2 aliphatic carbocycles. The van der Waals surface area contributed by atoms with Crippen LogP contribution in [0.25, 0.3) is 11.3 Å². The number of nitrogens with zero attached hydrogens (tertiary/aromatic N) is 1. The summed E-state index contributed by atoms with van der Waals surface area (Å²) in [7, 11) is 0. The number of aromatic nitrogens is 1. The summed E-state index contributed by atoms with van der Waals surface area (Å²) in [4.78, 5) is 17.2. The highest BCUT2D eigenvalue weighted by molar-refractivity contribution is 7.10. The molecule has 2 aromatic rings. The highest BCUT2D eigenvalue weighted by Crippen LogP contribution is 2.48. The number of ketones is 1. The van der Waals surface area contributed by atoms with Crippen LogP contribution in [0, 0.1) is 17.8 Å². The molecule has 0 amide bonds. The molecular weight excluding hydrogens is 278 g/mol. The lowest BCUT2D eigenvalue weighted by molar-refractivity contribution is -0.123. The first-order valence-corrected chi connectivity index (χ1v) is 8.70. The van der Waals surface area contributed by atoms with E-state index in [-0.39, 0.29) is 0 Å². The van der Waals surface area contributed by atoms with Crippen LogP contribution in [0.4, 0.5) is 0 Å². The molecule has 2 bridgehead atoms. The highest BCUT2D eigenvalue weighted by Gasteiger charge is 2.42. The van der Waals surface area contributed by atoms with Crippen molar-refractivity contribution in [1.82, 2.24) is 4.98 Å². The third kappa shape index (κ3) is 2.55. The topological polar surface area (TPSA) is 30.0 Å². The van der Waals surface area contributed by atoms with Crippen LogP contribution >= 0.6 is 11.3 Å². The maximum atomic E-state index is 12.5. The zero-order valence-electron chi connectivity index (χ0n) is 12.0. The fourth-order valence-corrected chi connectivity index (χ4v) is 4.87. The fraction of sp³-hybridized carbons (Fsp3) is 0.444. The first-order valence-electron chi connectivity index (χ1n) is 7.82. The molecule has 0 saturated heterocycles. The molecule has 2 aliphatic rings. The van der Waals surface area contributed by atoms with Gasteiger partial charge in [-0.3, -0.25) is 4.79 Å². The summed E-state index contributed by atoms with van der Waals surface area (Å²) in [5, 5.41) is 3.04. The molecule has 1 aromatic carbocycles. The van der Waals surface area contributed by atoms with E-state index in [9.17, 15) is 4.79 Å². The second kappa shape index (κ2) is 5.38. The Morgan fingerprint density at radius 2 is 2.05 bits per heavy atom. The van der Waals surface area contributed by atoms with Crippen molar-refractivity contribution in [2.75, 3.05) is 0 Å². The standard InChI is InChI=1S/C18H19NOS/c20-17(15-9-12-6-7-14(15)8-12)10-18-19-16(11-21-18)13-4-2-1-3-5-13/h1-5,11-12,14-15H,6-10H2. The smallest absolute Gasteiger partial charge is 0.143 e. The van der Waals surface area contributed by atoms with Crippen molar-refractivity contribution in [3.8, 4) is 11.3 Å². The Hall–Kier alpha value is -1.48. The molecule has 1 heterocycles. The van der Waals surface area contributed by atoms with Gasteiger partial charge in [-0.1, -0.05) is 36.8 Å². The lowest BCUT2D eigenvalue weighted by Crippen LogP contribution is -2.22. The summed E-state index contributed by atoms with van der Waals surface area (Å²) in [6, 6.07) is 10.2. The average molecular weight is 297 g/mol. The van der Waals surface area contributed by atoms with Crippen LogP contribution in [0.1, 0.15) is 30.7 Å². The Labute approximate surface area is 129 Å². The second-order valence-corrected chi connectivity index (χ2v) is 7.36. The van der Waals surface area contributed by atoms with E-state index in [1.807, 2.05) is 18.2 Å². The van der Waals surface area contributed by atoms with Gasteiger partial charge in [-0.05, 0) is 31.1 Å². The molecular formula is C18H19NOS. The summed E-state index contributed by atoms with van der Waals surface area (Å²) in [6.45, 7) is 0. The van der Waals surface area contributed by atoms with Crippen molar-refractivity contribution in [3.63, 3.8) is 0 Å². The second-order valence-electron chi connectivity index (χ2n) is 6.42. The molecule has 2 fully saturated rings. The fourth-order valence-electron chi connectivity index (χ4n) is 4.05. The van der Waals surface area contributed by atoms with Crippen LogP contribution in [0.5, 0.6) is 0 Å². The molecule has 2 saturated carbocycles. The summed E-state index contributed by atoms with van der Waals surface area (Å²) >= 11 is 1.62. The predicted octanol–water partition coefficient (Wildman–Crippen LogP) is 4.36. The summed E-state index contributed by atoms with van der Waals surface area (Å²) in [6.07, 6.45) is 5.59. The van der Waals surface area contributed by atoms with Gasteiger partial charge in [0.25, 0.3) is 0 Å². The van der Waals surface area contributed by atoms with Crippen molar-refractivity contribution < 1.29 is 4.79 Å². The number of carbonyl (C=O) groups is 1. The molecule has 3 unspecified atom stereocenters. The van der Waals surface area contributed by atoms with E-state index >= 15 is 0 Å². The minimum atomic E-state index is 0.327. The average Bonchev–Trinajstić information content (AvgIpc) is 3.24. The largest absolute Gasteiger partial charge is 0.299 e. The van der Waals surface area contributed by atoms with Crippen LogP contribution < -0.4 is 0 Å². The Bertz CT molecular complexity index is 648. The number of rotatable bonds is 4. The van der Waals surface area contributed by atoms with Gasteiger partial charge in [0.1, 0.15) is 10.8 Å². The van der Waals surface area contributed by atoms with Gasteiger partial charge in [0.2, 0.25) is 0 Å². The molecule has 0 spiro atoms. The lowest BCUT2D eigenvalue weighted by atomic mass is 9.85. The van der Waals surface area contributed by atoms with Gasteiger partial charge >= 0.3 is 0 Å². The van der Waals surface area contributed by atoms with Crippen LogP contribution in [0.15, 0.2) is 35.7 Å². The number of carbonyl (C=O) groups excluding carboxylic acids is 1. The number of Topliss-reactive ketones (excluding diaryl/α,β-unsaturated/α-hetero) is 1. The van der Waals surface area contributed by atoms with Gasteiger partial charge < -0.3 is 0 Å². The minimum absolute atomic E-state index is 0.327. The molecule has 1 aromatic heterocycles. The molecule has 0 N–H and O–H groups in total. The van der Waals surface area contributed by atoms with Crippen LogP contribution in [0.3, 0.4) is 0 Å². The van der Waals surface area contributed by atoms with E-state index in [0.29, 0.717) is 24.0 Å². The normalized spacial score (nSPS) is 27.1. The maximum absolute atomic E-state index is 12.5. The van der Waals surface area contributed by atoms with Crippen molar-refractivity contribution in [1.29, 1.82) is 0 Å². The first-order chi connectivity index (χ1) is 10.3. The number of fused-ring (bicyclic) bond motifs is 2. The Balaban J connectivity index is 1.46. The Morgan fingerprint density at radius 3 is 2.76 bits per heavy atom. The van der Waals surface area contributed by atoms with E-state index in [4.69, 9.17) is 0 Å². The van der Waals surface area contributed by atoms with Crippen molar-refractivity contribution in [2.45, 2.75) is 32.1 Å². The van der Waals surface area contributed by atoms with Gasteiger partial charge in [-0.2, -0.15) is 0 Å². The maximum Gasteiger partial charge on any atom is 0.143 e. The van der Waals surface area contributed by atoms with Crippen LogP contribution in [-0.2, 0) is 11.2 Å². The van der Waals surface area contributed by atoms with Gasteiger partial charge in [-0.25, -0.2) is 4.98 Å². The van der Waals surface area contributed by atoms with Crippen molar-refractivity contribution >= 4 is 17.1 Å². The molecule has 3 heteroatoms. The molecule has 0 radical (unpaired) electrons. The molecule has 21 heavy (non-hydrogen) atoms. The van der Waals surface area contributed by atoms with Crippen LogP contribution in [-0.4, -0.2) is 10.8 Å². The first kappa shape index (κ1) is 13.2. The van der Waals surface area contributed by atoms with Crippen molar-refractivity contribution in [3.05, 3.63) is 40.7 Å². The van der Waals surface area contributed by atoms with E-state index < -0.39 is 0 Å². The number of hydrogen-bond acceptors (Lipinski definition) is 3. The number of thiazole rings is 1. The quantitative estimate of drug-likeness (QED) is 0.839. The van der Waals surface area contributed by atoms with E-state index in [1.165, 1.54) is 19.3 Å². The molecule has 4 rings (SSSR count). The van der Waals surface area contributed by atoms with E-state index in [0.717, 1.165) is 28.6 Å². The summed E-state index contributed by atoms with van der Waals surface area (Å²) in [5.74, 6) is 2.26. The molecule has 0 aliphatic heterocycles. The molecule has 108 valence electrons. The van der Waals surface area contributed by atoms with Crippen LogP contribution in [0.2, 0.25) is 0 Å². The van der Waals surface area contributed by atoms with Crippen molar-refractivity contribution in [2.24, 2.45) is 17.8 Å². The van der Waals surface area contributed by atoms with Gasteiger partial charge in [-0.15, -0.1) is 11.3 Å². The van der Waals surface area contributed by atoms with Gasteiger partial charge in [0, 0.05) is 16.9 Å². The van der Waals surface area contributed by atoms with E-state index in [1.54, 1.807) is 11.3 Å². The Morgan fingerprint density at radius 1 is 1.19 bits per heavy atom. The van der Waals surface area contributed by atoms with E-state index in [2.05, 4.69) is 22.5 Å². The zero-order valence-corrected chi connectivity index (χ0v) is 12.8. The van der Waals surface area contributed by atoms with Gasteiger partial charge in [0.15, 0.2) is 0 Å². The predicted molar refractivity (Wildman–Crippen MR) is 85.2 cm³/mol. The number of benzene rings is 1. The zero-order chi connectivity index (χ0) is 14.2. The SMILES string of the molecule is O=C(Cc1nc(-c2ccccc2)cs1)C1CC2CCC1C2. The third-order valence-corrected chi connectivity index (χ3v) is 5.95. The third-order valence-electron chi connectivity index (χ3n) is 5.10. The Kier molecular flexibility index (Phi) is 3.38. The summed E-state index contributed by atoms with van der Waals surface area (Å²) in [5.41, 5.74) is 2.13. The molecule has 2 nitrogen and oxygen atoms in total. The number of hydrogen-bond donors (Lipinski definition) is 0.